The van der Waals surface area contributed by atoms with Crippen LogP contribution in [0.3, 0.4) is 0 Å². The highest BCUT2D eigenvalue weighted by atomic mass is 35.5. The zero-order chi connectivity index (χ0) is 29.1. The highest BCUT2D eigenvalue weighted by Crippen LogP contribution is 2.35. The monoisotopic (exact) mass is 597 g/mol. The normalized spacial score (nSPS) is 15.1. The van der Waals surface area contributed by atoms with Gasteiger partial charge in [-0.3, -0.25) is 19.4 Å². The maximum atomic E-state index is 14.4. The first kappa shape index (κ1) is 28.7. The maximum Gasteiger partial charge on any atom is 0.247 e. The lowest BCUT2D eigenvalue weighted by atomic mass is 10.0. The first-order chi connectivity index (χ1) is 19.6. The number of piperazine rings is 1. The Balaban J connectivity index is 1.30. The third-order valence-electron chi connectivity index (χ3n) is 6.85. The molecule has 4 aromatic rings. The minimum atomic E-state index is -3.57. The molecule has 13 heteroatoms. The van der Waals surface area contributed by atoms with E-state index in [4.69, 9.17) is 11.6 Å². The fourth-order valence-electron chi connectivity index (χ4n) is 4.80. The standard InChI is InChI=1S/C28H29ClFN7O3S/c1-18(21-5-3-4-6-24(21)30)34-27-22-13-19(7-8-25(22)31-16-23(27)29)20-14-32-28(33-15-20)37-11-9-36(10-12-37)17-26(38)35-41(2,39)40/h3-8,13-16,18H,9-12,17H2,1-2H3,(H,31,34)(H,35,38)/t18-/m1/s1. The topological polar surface area (TPSA) is 120 Å². The SMILES string of the molecule is C[C@@H](Nc1c(Cl)cnc2ccc(-c3cnc(N4CCN(CC(=O)NS(C)(=O)=O)CC4)nc3)cc12)c1ccccc1F. The summed E-state index contributed by atoms with van der Waals surface area (Å²) in [7, 11) is -3.57. The van der Waals surface area contributed by atoms with Gasteiger partial charge < -0.3 is 10.2 Å². The van der Waals surface area contributed by atoms with Crippen molar-refractivity contribution in [1.29, 1.82) is 0 Å². The van der Waals surface area contributed by atoms with Gasteiger partial charge in [0.25, 0.3) is 0 Å². The number of benzene rings is 2. The van der Waals surface area contributed by atoms with Crippen LogP contribution in [0.25, 0.3) is 22.0 Å². The van der Waals surface area contributed by atoms with Crippen LogP contribution in [0.1, 0.15) is 18.5 Å². The lowest BCUT2D eigenvalue weighted by molar-refractivity contribution is -0.120. The van der Waals surface area contributed by atoms with Crippen LogP contribution >= 0.6 is 11.6 Å². The van der Waals surface area contributed by atoms with Gasteiger partial charge in [-0.25, -0.2) is 22.8 Å². The Bertz CT molecular complexity index is 1680. The van der Waals surface area contributed by atoms with Crippen molar-refractivity contribution in [2.75, 3.05) is 49.2 Å². The Morgan fingerprint density at radius 1 is 1.02 bits per heavy atom. The number of nitrogens with one attached hydrogen (secondary N) is 2. The predicted octanol–water partition coefficient (Wildman–Crippen LogP) is 3.86. The van der Waals surface area contributed by atoms with E-state index >= 15 is 0 Å². The van der Waals surface area contributed by atoms with Crippen molar-refractivity contribution in [3.8, 4) is 11.1 Å². The zero-order valence-corrected chi connectivity index (χ0v) is 24.1. The Hall–Kier alpha value is -3.87. The molecular formula is C28H29ClFN7O3S. The van der Waals surface area contributed by atoms with Gasteiger partial charge in [-0.1, -0.05) is 35.9 Å². The van der Waals surface area contributed by atoms with Crippen molar-refractivity contribution in [1.82, 2.24) is 24.6 Å². The highest BCUT2D eigenvalue weighted by molar-refractivity contribution is 7.89. The molecule has 0 aliphatic carbocycles. The molecule has 2 aromatic heterocycles. The molecule has 5 rings (SSSR count). The summed E-state index contributed by atoms with van der Waals surface area (Å²) < 4.78 is 38.9. The Kier molecular flexibility index (Phi) is 8.34. The second kappa shape index (κ2) is 11.9. The molecule has 1 atom stereocenters. The van der Waals surface area contributed by atoms with Crippen LogP contribution in [0, 0.1) is 5.82 Å². The van der Waals surface area contributed by atoms with Crippen molar-refractivity contribution in [3.05, 3.63) is 77.5 Å². The third kappa shape index (κ3) is 6.89. The van der Waals surface area contributed by atoms with Gasteiger partial charge in [0.15, 0.2) is 0 Å². The molecule has 41 heavy (non-hydrogen) atoms. The van der Waals surface area contributed by atoms with Crippen LogP contribution in [-0.4, -0.2) is 73.2 Å². The molecule has 0 bridgehead atoms. The molecule has 1 aliphatic rings. The number of nitrogens with zero attached hydrogens (tertiary/aromatic N) is 5. The molecular weight excluding hydrogens is 569 g/mol. The number of carbonyl (C=O) groups excluding carboxylic acids is 1. The number of hydrogen-bond donors (Lipinski definition) is 2. The molecule has 10 nitrogen and oxygen atoms in total. The molecule has 1 amide bonds. The van der Waals surface area contributed by atoms with Gasteiger partial charge in [-0.15, -0.1) is 0 Å². The quantitative estimate of drug-likeness (QED) is 0.312. The van der Waals surface area contributed by atoms with Crippen LogP contribution in [-0.2, 0) is 14.8 Å². The van der Waals surface area contributed by atoms with Gasteiger partial charge >= 0.3 is 0 Å². The molecule has 2 aromatic carbocycles. The highest BCUT2D eigenvalue weighted by Gasteiger charge is 2.22. The average Bonchev–Trinajstić information content (AvgIpc) is 2.94. The average molecular weight is 598 g/mol. The van der Waals surface area contributed by atoms with E-state index in [9.17, 15) is 17.6 Å². The van der Waals surface area contributed by atoms with Crippen molar-refractivity contribution < 1.29 is 17.6 Å². The number of carbonyl (C=O) groups is 1. The fourth-order valence-corrected chi connectivity index (χ4v) is 5.48. The van der Waals surface area contributed by atoms with Crippen LogP contribution in [0.5, 0.6) is 0 Å². The number of fused-ring (bicyclic) bond motifs is 1. The van der Waals surface area contributed by atoms with Crippen molar-refractivity contribution in [2.45, 2.75) is 13.0 Å². The molecule has 0 saturated carbocycles. The maximum absolute atomic E-state index is 14.4. The number of pyridine rings is 1. The van der Waals surface area contributed by atoms with Crippen LogP contribution in [0.4, 0.5) is 16.0 Å². The predicted molar refractivity (Wildman–Crippen MR) is 158 cm³/mol. The fraction of sp³-hybridized carbons (Fsp3) is 0.286. The summed E-state index contributed by atoms with van der Waals surface area (Å²) in [5.41, 5.74) is 3.61. The second-order valence-corrected chi connectivity index (χ2v) is 12.1. The third-order valence-corrected chi connectivity index (χ3v) is 7.73. The van der Waals surface area contributed by atoms with Gasteiger partial charge in [0, 0.05) is 61.3 Å². The molecule has 214 valence electrons. The number of hydrogen-bond acceptors (Lipinski definition) is 9. The summed E-state index contributed by atoms with van der Waals surface area (Å²) in [5, 5.41) is 4.58. The first-order valence-corrected chi connectivity index (χ1v) is 15.2. The summed E-state index contributed by atoms with van der Waals surface area (Å²) in [5.74, 6) is -0.271. The molecule has 3 heterocycles. The number of amides is 1. The van der Waals surface area contributed by atoms with Crippen molar-refractivity contribution in [3.63, 3.8) is 0 Å². The van der Waals surface area contributed by atoms with Gasteiger partial charge in [0.1, 0.15) is 5.82 Å². The Morgan fingerprint density at radius 3 is 2.41 bits per heavy atom. The number of halogens is 2. The number of aromatic nitrogens is 3. The van der Waals surface area contributed by atoms with E-state index in [0.29, 0.717) is 48.4 Å². The lowest BCUT2D eigenvalue weighted by Gasteiger charge is -2.34. The van der Waals surface area contributed by atoms with E-state index in [1.165, 1.54) is 6.07 Å². The van der Waals surface area contributed by atoms with Gasteiger partial charge in [0.2, 0.25) is 21.9 Å². The number of anilines is 2. The second-order valence-electron chi connectivity index (χ2n) is 9.93. The first-order valence-electron chi connectivity index (χ1n) is 13.0. The van der Waals surface area contributed by atoms with E-state index in [1.807, 2.05) is 39.6 Å². The molecule has 0 unspecified atom stereocenters. The zero-order valence-electron chi connectivity index (χ0n) is 22.5. The Morgan fingerprint density at radius 2 is 1.73 bits per heavy atom. The summed E-state index contributed by atoms with van der Waals surface area (Å²) in [4.78, 5) is 29.4. The molecule has 1 aliphatic heterocycles. The van der Waals surface area contributed by atoms with Crippen LogP contribution in [0.2, 0.25) is 5.02 Å². The summed E-state index contributed by atoms with van der Waals surface area (Å²) in [6.45, 7) is 4.23. The van der Waals surface area contributed by atoms with E-state index in [0.717, 1.165) is 28.3 Å². The molecule has 0 radical (unpaired) electrons. The van der Waals surface area contributed by atoms with E-state index in [2.05, 4.69) is 20.3 Å². The van der Waals surface area contributed by atoms with E-state index in [1.54, 1.807) is 36.8 Å². The number of sulfonamides is 1. The minimum absolute atomic E-state index is 0.0114. The van der Waals surface area contributed by atoms with Gasteiger partial charge in [0.05, 0.1) is 35.1 Å². The van der Waals surface area contributed by atoms with Crippen LogP contribution < -0.4 is 14.9 Å². The minimum Gasteiger partial charge on any atom is -0.377 e. The van der Waals surface area contributed by atoms with Crippen molar-refractivity contribution in [2.24, 2.45) is 0 Å². The van der Waals surface area contributed by atoms with Crippen molar-refractivity contribution >= 4 is 50.1 Å². The lowest BCUT2D eigenvalue weighted by Crippen LogP contribution is -2.50. The molecule has 1 saturated heterocycles. The Labute approximate surface area is 242 Å². The molecule has 2 N–H and O–H groups in total. The van der Waals surface area contributed by atoms with Crippen LogP contribution in [0.15, 0.2) is 61.1 Å². The van der Waals surface area contributed by atoms with Gasteiger partial charge in [-0.2, -0.15) is 0 Å². The van der Waals surface area contributed by atoms with Gasteiger partial charge in [-0.05, 0) is 30.7 Å². The summed E-state index contributed by atoms with van der Waals surface area (Å²) in [6, 6.07) is 12.1. The molecule has 0 spiro atoms. The summed E-state index contributed by atoms with van der Waals surface area (Å²) >= 11 is 6.54. The van der Waals surface area contributed by atoms with E-state index in [-0.39, 0.29) is 18.4 Å². The summed E-state index contributed by atoms with van der Waals surface area (Å²) in [6.07, 6.45) is 6.04. The number of rotatable bonds is 8. The molecule has 1 fully saturated rings. The largest absolute Gasteiger partial charge is 0.377 e. The van der Waals surface area contributed by atoms with E-state index < -0.39 is 15.9 Å². The smallest absolute Gasteiger partial charge is 0.247 e.